The van der Waals surface area contributed by atoms with Crippen LogP contribution in [-0.2, 0) is 21.7 Å². The van der Waals surface area contributed by atoms with Gasteiger partial charge < -0.3 is 14.4 Å². The summed E-state index contributed by atoms with van der Waals surface area (Å²) in [7, 11) is 0. The number of ether oxygens (including phenoxy) is 2. The zero-order valence-electron chi connectivity index (χ0n) is 14.1. The van der Waals surface area contributed by atoms with E-state index in [2.05, 4.69) is 5.10 Å². The standard InChI is InChI=1S/C16H23N3O4/c1-11(20)19-9-12-13(17-19)10-22-16(12)5-7-18(8-6-16)14(21)23-15(2,3)4/h9H,5-8,10H2,1-4H3. The van der Waals surface area contributed by atoms with E-state index >= 15 is 0 Å². The van der Waals surface area contributed by atoms with E-state index in [1.54, 1.807) is 11.1 Å². The Morgan fingerprint density at radius 2 is 1.96 bits per heavy atom. The molecule has 1 saturated heterocycles. The Morgan fingerprint density at radius 3 is 2.52 bits per heavy atom. The highest BCUT2D eigenvalue weighted by molar-refractivity contribution is 5.75. The van der Waals surface area contributed by atoms with Crippen LogP contribution in [0.2, 0.25) is 0 Å². The quantitative estimate of drug-likeness (QED) is 0.733. The molecule has 2 aliphatic rings. The van der Waals surface area contributed by atoms with Gasteiger partial charge in [0, 0.05) is 31.8 Å². The molecule has 1 amide bonds. The Morgan fingerprint density at radius 1 is 1.30 bits per heavy atom. The minimum Gasteiger partial charge on any atom is -0.444 e. The molecule has 1 spiro atoms. The summed E-state index contributed by atoms with van der Waals surface area (Å²) >= 11 is 0. The largest absolute Gasteiger partial charge is 0.444 e. The number of aromatic nitrogens is 2. The lowest BCUT2D eigenvalue weighted by atomic mass is 9.86. The van der Waals surface area contributed by atoms with Gasteiger partial charge in [-0.3, -0.25) is 4.79 Å². The molecular formula is C16H23N3O4. The summed E-state index contributed by atoms with van der Waals surface area (Å²) in [6.07, 6.45) is 2.85. The lowest BCUT2D eigenvalue weighted by molar-refractivity contribution is -0.0808. The number of hydrogen-bond acceptors (Lipinski definition) is 5. The lowest BCUT2D eigenvalue weighted by Gasteiger charge is -2.39. The Hall–Kier alpha value is -1.89. The molecule has 3 rings (SSSR count). The highest BCUT2D eigenvalue weighted by Gasteiger charge is 2.45. The van der Waals surface area contributed by atoms with Crippen LogP contribution in [0.25, 0.3) is 0 Å². The molecule has 3 heterocycles. The van der Waals surface area contributed by atoms with Crippen molar-refractivity contribution < 1.29 is 19.1 Å². The van der Waals surface area contributed by atoms with Gasteiger partial charge in [-0.15, -0.1) is 0 Å². The predicted molar refractivity (Wildman–Crippen MR) is 82.0 cm³/mol. The van der Waals surface area contributed by atoms with Crippen LogP contribution in [0.1, 0.15) is 56.6 Å². The minimum absolute atomic E-state index is 0.110. The van der Waals surface area contributed by atoms with E-state index in [-0.39, 0.29) is 12.0 Å². The molecule has 7 nitrogen and oxygen atoms in total. The zero-order chi connectivity index (χ0) is 16.8. The van der Waals surface area contributed by atoms with Crippen LogP contribution in [0.5, 0.6) is 0 Å². The van der Waals surface area contributed by atoms with Crippen molar-refractivity contribution in [1.29, 1.82) is 0 Å². The fourth-order valence-electron chi connectivity index (χ4n) is 3.13. The van der Waals surface area contributed by atoms with Gasteiger partial charge in [0.05, 0.1) is 12.3 Å². The molecule has 126 valence electrons. The van der Waals surface area contributed by atoms with E-state index in [1.807, 2.05) is 20.8 Å². The summed E-state index contributed by atoms with van der Waals surface area (Å²) in [6.45, 7) is 8.62. The van der Waals surface area contributed by atoms with Crippen molar-refractivity contribution in [2.24, 2.45) is 0 Å². The van der Waals surface area contributed by atoms with Gasteiger partial charge in [0.15, 0.2) is 0 Å². The van der Waals surface area contributed by atoms with Crippen molar-refractivity contribution in [3.63, 3.8) is 0 Å². The van der Waals surface area contributed by atoms with Crippen molar-refractivity contribution in [3.8, 4) is 0 Å². The second kappa shape index (κ2) is 5.33. The molecule has 1 aromatic heterocycles. The van der Waals surface area contributed by atoms with Crippen molar-refractivity contribution in [2.75, 3.05) is 13.1 Å². The van der Waals surface area contributed by atoms with Crippen LogP contribution in [-0.4, -0.2) is 45.4 Å². The molecular weight excluding hydrogens is 298 g/mol. The highest BCUT2D eigenvalue weighted by Crippen LogP contribution is 2.43. The molecule has 0 N–H and O–H groups in total. The van der Waals surface area contributed by atoms with Crippen molar-refractivity contribution in [3.05, 3.63) is 17.5 Å². The Kier molecular flexibility index (Phi) is 3.71. The number of hydrogen-bond donors (Lipinski definition) is 0. The van der Waals surface area contributed by atoms with E-state index < -0.39 is 11.2 Å². The SMILES string of the molecule is CC(=O)n1cc2c(n1)COC21CCN(C(=O)OC(C)(C)C)CC1. The maximum atomic E-state index is 12.2. The van der Waals surface area contributed by atoms with Crippen LogP contribution in [0.4, 0.5) is 4.79 Å². The number of fused-ring (bicyclic) bond motifs is 2. The molecule has 0 aromatic carbocycles. The third kappa shape index (κ3) is 2.97. The predicted octanol–water partition coefficient (Wildman–Crippen LogP) is 2.30. The van der Waals surface area contributed by atoms with Gasteiger partial charge in [-0.05, 0) is 33.6 Å². The Bertz CT molecular complexity index is 636. The summed E-state index contributed by atoms with van der Waals surface area (Å²) < 4.78 is 12.8. The third-order valence-corrected chi connectivity index (χ3v) is 4.31. The topological polar surface area (TPSA) is 73.7 Å². The number of amides is 1. The lowest BCUT2D eigenvalue weighted by Crippen LogP contribution is -2.46. The average Bonchev–Trinajstić information content (AvgIpc) is 3.00. The maximum absolute atomic E-state index is 12.2. The molecule has 0 radical (unpaired) electrons. The Labute approximate surface area is 135 Å². The van der Waals surface area contributed by atoms with E-state index in [0.29, 0.717) is 32.5 Å². The number of likely N-dealkylation sites (tertiary alicyclic amines) is 1. The molecule has 0 bridgehead atoms. The second-order valence-electron chi connectivity index (χ2n) is 7.20. The molecule has 0 unspecified atom stereocenters. The van der Waals surface area contributed by atoms with Gasteiger partial charge in [0.25, 0.3) is 0 Å². The first kappa shape index (κ1) is 16.0. The van der Waals surface area contributed by atoms with Gasteiger partial charge in [0.2, 0.25) is 5.91 Å². The number of rotatable bonds is 0. The fourth-order valence-corrected chi connectivity index (χ4v) is 3.13. The first-order chi connectivity index (χ1) is 10.7. The van der Waals surface area contributed by atoms with E-state index in [4.69, 9.17) is 9.47 Å². The van der Waals surface area contributed by atoms with Crippen molar-refractivity contribution >= 4 is 12.0 Å². The fraction of sp³-hybridized carbons (Fsp3) is 0.688. The smallest absolute Gasteiger partial charge is 0.410 e. The molecule has 0 atom stereocenters. The number of carbonyl (C=O) groups is 2. The zero-order valence-corrected chi connectivity index (χ0v) is 14.1. The molecule has 1 fully saturated rings. The molecule has 2 aliphatic heterocycles. The number of piperidine rings is 1. The first-order valence-electron chi connectivity index (χ1n) is 7.92. The van der Waals surface area contributed by atoms with E-state index in [1.165, 1.54) is 11.6 Å². The second-order valence-corrected chi connectivity index (χ2v) is 7.20. The molecule has 0 saturated carbocycles. The Balaban J connectivity index is 1.70. The van der Waals surface area contributed by atoms with Crippen molar-refractivity contribution in [1.82, 2.24) is 14.7 Å². The molecule has 0 aliphatic carbocycles. The van der Waals surface area contributed by atoms with E-state index in [9.17, 15) is 9.59 Å². The monoisotopic (exact) mass is 321 g/mol. The average molecular weight is 321 g/mol. The van der Waals surface area contributed by atoms with Gasteiger partial charge in [-0.25, -0.2) is 9.48 Å². The summed E-state index contributed by atoms with van der Waals surface area (Å²) in [6, 6.07) is 0. The van der Waals surface area contributed by atoms with Crippen LogP contribution in [0.15, 0.2) is 6.20 Å². The maximum Gasteiger partial charge on any atom is 0.410 e. The first-order valence-corrected chi connectivity index (χ1v) is 7.92. The highest BCUT2D eigenvalue weighted by atomic mass is 16.6. The summed E-state index contributed by atoms with van der Waals surface area (Å²) in [5, 5.41) is 4.28. The minimum atomic E-state index is -0.494. The third-order valence-electron chi connectivity index (χ3n) is 4.31. The van der Waals surface area contributed by atoms with Gasteiger partial charge in [0.1, 0.15) is 11.2 Å². The van der Waals surface area contributed by atoms with Gasteiger partial charge in [-0.2, -0.15) is 5.10 Å². The van der Waals surface area contributed by atoms with Crippen LogP contribution >= 0.6 is 0 Å². The number of carbonyl (C=O) groups excluding carboxylic acids is 2. The molecule has 1 aromatic rings. The van der Waals surface area contributed by atoms with E-state index in [0.717, 1.165) is 11.3 Å². The van der Waals surface area contributed by atoms with Crippen LogP contribution in [0.3, 0.4) is 0 Å². The van der Waals surface area contributed by atoms with Gasteiger partial charge >= 0.3 is 6.09 Å². The van der Waals surface area contributed by atoms with Gasteiger partial charge in [-0.1, -0.05) is 0 Å². The summed E-state index contributed by atoms with van der Waals surface area (Å²) in [5.41, 5.74) is 0.885. The number of nitrogens with zero attached hydrogens (tertiary/aromatic N) is 3. The van der Waals surface area contributed by atoms with Crippen LogP contribution < -0.4 is 0 Å². The summed E-state index contributed by atoms with van der Waals surface area (Å²) in [5.74, 6) is -0.110. The normalized spacial score (nSPS) is 19.7. The summed E-state index contributed by atoms with van der Waals surface area (Å²) in [4.78, 5) is 25.4. The molecule has 23 heavy (non-hydrogen) atoms. The van der Waals surface area contributed by atoms with Crippen molar-refractivity contribution in [2.45, 2.75) is 58.3 Å². The van der Waals surface area contributed by atoms with Crippen LogP contribution in [0, 0.1) is 0 Å². The molecule has 7 heteroatoms.